The first kappa shape index (κ1) is 18.1. The largest absolute Gasteiger partial charge is 0.344 e. The number of rotatable bonds is 5. The standard InChI is InChI=1S/C21H28N2O/c1-15(2)23(16(3)4)21(24)18-12-8-10-14-20(18)22(6)19-13-9-7-11-17(19)5/h7-16H,1-6H3. The summed E-state index contributed by atoms with van der Waals surface area (Å²) >= 11 is 0. The molecule has 0 saturated heterocycles. The fourth-order valence-electron chi connectivity index (χ4n) is 3.22. The van der Waals surface area contributed by atoms with Gasteiger partial charge in [0.2, 0.25) is 0 Å². The van der Waals surface area contributed by atoms with Crippen molar-refractivity contribution in [2.24, 2.45) is 0 Å². The maximum Gasteiger partial charge on any atom is 0.256 e. The van der Waals surface area contributed by atoms with Crippen LogP contribution in [0.5, 0.6) is 0 Å². The summed E-state index contributed by atoms with van der Waals surface area (Å²) in [6, 6.07) is 16.4. The summed E-state index contributed by atoms with van der Waals surface area (Å²) in [5.41, 5.74) is 3.97. The zero-order chi connectivity index (χ0) is 17.9. The average Bonchev–Trinajstić information content (AvgIpc) is 2.54. The zero-order valence-corrected chi connectivity index (χ0v) is 15.6. The van der Waals surface area contributed by atoms with Crippen LogP contribution in [-0.2, 0) is 0 Å². The summed E-state index contributed by atoms with van der Waals surface area (Å²) < 4.78 is 0. The van der Waals surface area contributed by atoms with Crippen LogP contribution in [0.25, 0.3) is 0 Å². The normalized spacial score (nSPS) is 11.0. The van der Waals surface area contributed by atoms with Gasteiger partial charge >= 0.3 is 0 Å². The highest BCUT2D eigenvalue weighted by molar-refractivity contribution is 6.01. The van der Waals surface area contributed by atoms with Gasteiger partial charge in [0.25, 0.3) is 5.91 Å². The predicted molar refractivity (Wildman–Crippen MR) is 102 cm³/mol. The third-order valence-corrected chi connectivity index (χ3v) is 4.32. The number of amides is 1. The van der Waals surface area contributed by atoms with Crippen LogP contribution in [0.4, 0.5) is 11.4 Å². The smallest absolute Gasteiger partial charge is 0.256 e. The third kappa shape index (κ3) is 3.61. The van der Waals surface area contributed by atoms with Gasteiger partial charge in [-0.1, -0.05) is 30.3 Å². The molecule has 3 nitrogen and oxygen atoms in total. The first-order valence-corrected chi connectivity index (χ1v) is 8.55. The van der Waals surface area contributed by atoms with E-state index in [1.54, 1.807) is 0 Å². The van der Waals surface area contributed by atoms with E-state index >= 15 is 0 Å². The van der Waals surface area contributed by atoms with Crippen molar-refractivity contribution in [3.63, 3.8) is 0 Å². The van der Waals surface area contributed by atoms with Crippen molar-refractivity contribution < 1.29 is 4.79 Å². The molecule has 3 heteroatoms. The zero-order valence-electron chi connectivity index (χ0n) is 15.6. The van der Waals surface area contributed by atoms with Crippen molar-refractivity contribution in [2.75, 3.05) is 11.9 Å². The minimum atomic E-state index is 0.0797. The Bertz CT molecular complexity index is 698. The van der Waals surface area contributed by atoms with Crippen molar-refractivity contribution in [3.8, 4) is 0 Å². The first-order chi connectivity index (χ1) is 11.3. The average molecular weight is 324 g/mol. The minimum Gasteiger partial charge on any atom is -0.344 e. The number of aryl methyl sites for hydroxylation is 1. The Balaban J connectivity index is 2.48. The summed E-state index contributed by atoms with van der Waals surface area (Å²) in [5, 5.41) is 0. The Hall–Kier alpha value is -2.29. The second-order valence-corrected chi connectivity index (χ2v) is 6.76. The van der Waals surface area contributed by atoms with E-state index in [2.05, 4.69) is 51.7 Å². The molecule has 0 aliphatic heterocycles. The highest BCUT2D eigenvalue weighted by Crippen LogP contribution is 2.30. The van der Waals surface area contributed by atoms with E-state index < -0.39 is 0 Å². The molecule has 1 amide bonds. The van der Waals surface area contributed by atoms with Crippen molar-refractivity contribution >= 4 is 17.3 Å². The lowest BCUT2D eigenvalue weighted by Gasteiger charge is -2.32. The molecule has 0 fully saturated rings. The van der Waals surface area contributed by atoms with Crippen molar-refractivity contribution in [1.29, 1.82) is 0 Å². The topological polar surface area (TPSA) is 23.6 Å². The number of carbonyl (C=O) groups is 1. The predicted octanol–water partition coefficient (Wildman–Crippen LogP) is 5.02. The summed E-state index contributed by atoms with van der Waals surface area (Å²) in [6.07, 6.45) is 0. The summed E-state index contributed by atoms with van der Waals surface area (Å²) in [5.74, 6) is 0.0797. The SMILES string of the molecule is Cc1ccccc1N(C)c1ccccc1C(=O)N(C(C)C)C(C)C. The van der Waals surface area contributed by atoms with Crippen LogP contribution >= 0.6 is 0 Å². The fraction of sp³-hybridized carbons (Fsp3) is 0.381. The quantitative estimate of drug-likeness (QED) is 0.771. The summed E-state index contributed by atoms with van der Waals surface area (Å²) in [6.45, 7) is 10.3. The van der Waals surface area contributed by atoms with Gasteiger partial charge in [-0.25, -0.2) is 0 Å². The van der Waals surface area contributed by atoms with E-state index in [1.165, 1.54) is 5.56 Å². The van der Waals surface area contributed by atoms with Crippen molar-refractivity contribution in [1.82, 2.24) is 4.90 Å². The molecule has 0 aromatic heterocycles. The van der Waals surface area contributed by atoms with E-state index in [0.717, 1.165) is 16.9 Å². The minimum absolute atomic E-state index is 0.0797. The molecule has 128 valence electrons. The maximum absolute atomic E-state index is 13.2. The number of hydrogen-bond donors (Lipinski definition) is 0. The van der Waals surface area contributed by atoms with Gasteiger partial charge in [-0.05, 0) is 58.4 Å². The highest BCUT2D eigenvalue weighted by atomic mass is 16.2. The number of nitrogens with zero attached hydrogens (tertiary/aromatic N) is 2. The van der Waals surface area contributed by atoms with Crippen LogP contribution in [0, 0.1) is 6.92 Å². The van der Waals surface area contributed by atoms with Gasteiger partial charge in [0.15, 0.2) is 0 Å². The summed E-state index contributed by atoms with van der Waals surface area (Å²) in [7, 11) is 2.02. The van der Waals surface area contributed by atoms with Crippen molar-refractivity contribution in [2.45, 2.75) is 46.7 Å². The Kier molecular flexibility index (Phi) is 5.66. The highest BCUT2D eigenvalue weighted by Gasteiger charge is 2.25. The molecule has 24 heavy (non-hydrogen) atoms. The fourth-order valence-corrected chi connectivity index (χ4v) is 3.22. The van der Waals surface area contributed by atoms with Gasteiger partial charge in [-0.2, -0.15) is 0 Å². The van der Waals surface area contributed by atoms with Crippen molar-refractivity contribution in [3.05, 3.63) is 59.7 Å². The van der Waals surface area contributed by atoms with Crippen LogP contribution in [0.2, 0.25) is 0 Å². The molecule has 0 saturated carbocycles. The molecule has 0 bridgehead atoms. The molecular weight excluding hydrogens is 296 g/mol. The van der Waals surface area contributed by atoms with Crippen LogP contribution in [0.3, 0.4) is 0 Å². The first-order valence-electron chi connectivity index (χ1n) is 8.55. The molecule has 0 spiro atoms. The second kappa shape index (κ2) is 7.52. The number of carbonyl (C=O) groups excluding carboxylic acids is 1. The Morgan fingerprint density at radius 3 is 1.88 bits per heavy atom. The van der Waals surface area contributed by atoms with Gasteiger partial charge in [0.05, 0.1) is 11.3 Å². The van der Waals surface area contributed by atoms with Crippen LogP contribution < -0.4 is 4.90 Å². The Morgan fingerprint density at radius 1 is 0.833 bits per heavy atom. The summed E-state index contributed by atoms with van der Waals surface area (Å²) in [4.78, 5) is 17.2. The Morgan fingerprint density at radius 2 is 1.33 bits per heavy atom. The van der Waals surface area contributed by atoms with Crippen LogP contribution in [0.15, 0.2) is 48.5 Å². The number of para-hydroxylation sites is 2. The molecule has 2 aromatic rings. The molecule has 0 atom stereocenters. The van der Waals surface area contributed by atoms with E-state index in [9.17, 15) is 4.79 Å². The van der Waals surface area contributed by atoms with E-state index in [-0.39, 0.29) is 18.0 Å². The lowest BCUT2D eigenvalue weighted by atomic mass is 10.1. The molecular formula is C21H28N2O. The molecule has 0 N–H and O–H groups in total. The van der Waals surface area contributed by atoms with Gasteiger partial charge < -0.3 is 9.80 Å². The van der Waals surface area contributed by atoms with Gasteiger partial charge in [-0.15, -0.1) is 0 Å². The van der Waals surface area contributed by atoms with Gasteiger partial charge in [-0.3, -0.25) is 4.79 Å². The monoisotopic (exact) mass is 324 g/mol. The molecule has 0 aliphatic carbocycles. The molecule has 0 heterocycles. The van der Waals surface area contributed by atoms with E-state index in [1.807, 2.05) is 48.3 Å². The van der Waals surface area contributed by atoms with Gasteiger partial charge in [0.1, 0.15) is 0 Å². The lowest BCUT2D eigenvalue weighted by Crippen LogP contribution is -2.42. The molecule has 0 radical (unpaired) electrons. The third-order valence-electron chi connectivity index (χ3n) is 4.32. The molecule has 2 rings (SSSR count). The van der Waals surface area contributed by atoms with Gasteiger partial charge in [0, 0.05) is 24.8 Å². The molecule has 0 unspecified atom stereocenters. The number of benzene rings is 2. The lowest BCUT2D eigenvalue weighted by molar-refractivity contribution is 0.0644. The number of anilines is 2. The second-order valence-electron chi connectivity index (χ2n) is 6.76. The number of hydrogen-bond acceptors (Lipinski definition) is 2. The van der Waals surface area contributed by atoms with Crippen LogP contribution in [0.1, 0.15) is 43.6 Å². The van der Waals surface area contributed by atoms with Crippen LogP contribution in [-0.4, -0.2) is 29.9 Å². The maximum atomic E-state index is 13.2. The Labute approximate surface area is 145 Å². The molecule has 2 aromatic carbocycles. The van der Waals surface area contributed by atoms with E-state index in [4.69, 9.17) is 0 Å². The van der Waals surface area contributed by atoms with E-state index in [0.29, 0.717) is 0 Å². The molecule has 0 aliphatic rings.